The fourth-order valence-electron chi connectivity index (χ4n) is 10.1. The van der Waals surface area contributed by atoms with E-state index in [1.807, 2.05) is 50.2 Å². The molecule has 2 aromatic carbocycles. The molecule has 0 unspecified atom stereocenters. The van der Waals surface area contributed by atoms with Crippen LogP contribution in [0, 0.1) is 25.5 Å². The van der Waals surface area contributed by atoms with Crippen molar-refractivity contribution >= 4 is 45.9 Å². The lowest BCUT2D eigenvalue weighted by Crippen LogP contribution is -2.52. The van der Waals surface area contributed by atoms with Crippen LogP contribution in [0.25, 0.3) is 0 Å². The van der Waals surface area contributed by atoms with Gasteiger partial charge in [-0.15, -0.1) is 11.7 Å². The summed E-state index contributed by atoms with van der Waals surface area (Å²) in [5.74, 6) is 2.36. The van der Waals surface area contributed by atoms with Gasteiger partial charge in [0.2, 0.25) is 0 Å². The van der Waals surface area contributed by atoms with Crippen LogP contribution < -0.4 is 9.80 Å². The summed E-state index contributed by atoms with van der Waals surface area (Å²) in [6.07, 6.45) is 6.81. The van der Waals surface area contributed by atoms with Crippen molar-refractivity contribution in [2.45, 2.75) is 115 Å². The van der Waals surface area contributed by atoms with Gasteiger partial charge in [-0.25, -0.2) is 33.1 Å². The number of aliphatic hydroxyl groups excluding tert-OH is 1. The zero-order valence-electron chi connectivity index (χ0n) is 41.3. The fourth-order valence-corrected chi connectivity index (χ4v) is 10.7. The maximum Gasteiger partial charge on any atom is 0.278 e. The van der Waals surface area contributed by atoms with E-state index in [1.165, 1.54) is 38.1 Å². The largest absolute Gasteiger partial charge is 0.393 e. The van der Waals surface area contributed by atoms with Crippen LogP contribution >= 0.6 is 11.4 Å². The van der Waals surface area contributed by atoms with Crippen LogP contribution in [0.5, 0.6) is 0 Å². The zero-order valence-corrected chi connectivity index (χ0v) is 42.1. The molecule has 2 aliphatic carbocycles. The molecule has 2 aliphatic heterocycles. The van der Waals surface area contributed by atoms with Crippen molar-refractivity contribution in [3.8, 4) is 0 Å². The van der Waals surface area contributed by atoms with E-state index >= 15 is 0 Å². The first-order valence-corrected chi connectivity index (χ1v) is 25.9. The molecule has 0 radical (unpaired) electrons. The molecule has 386 valence electrons. The summed E-state index contributed by atoms with van der Waals surface area (Å²) in [6, 6.07) is 23.5. The molecule has 12 nitrogen and oxygen atoms in total. The monoisotopic (exact) mass is 1030 g/mol. The normalized spacial score (nSPS) is 21.3. The summed E-state index contributed by atoms with van der Waals surface area (Å²) >= 11 is -4.93. The van der Waals surface area contributed by atoms with Gasteiger partial charge < -0.3 is 14.9 Å². The molecular formula is C54H59F6N9O3S. The van der Waals surface area contributed by atoms with E-state index in [1.54, 1.807) is 36.7 Å². The molecule has 6 aromatic rings. The van der Waals surface area contributed by atoms with E-state index in [9.17, 15) is 39.5 Å². The number of hydrogen-bond donors (Lipinski definition) is 1. The summed E-state index contributed by atoms with van der Waals surface area (Å²) in [6.45, 7) is 8.53. The number of Topliss-reactive ketones (excluding diaryl/α,β-unsaturated/α-hetero) is 2. The highest BCUT2D eigenvalue weighted by molar-refractivity contribution is 8.18. The first-order valence-electron chi connectivity index (χ1n) is 24.6. The Kier molecular flexibility index (Phi) is 16.3. The number of rotatable bonds is 13. The van der Waals surface area contributed by atoms with Crippen LogP contribution in [0.3, 0.4) is 0 Å². The number of alkyl halides is 1. The molecule has 0 bridgehead atoms. The van der Waals surface area contributed by atoms with Crippen LogP contribution in [-0.2, 0) is 46.1 Å². The van der Waals surface area contributed by atoms with Crippen molar-refractivity contribution in [3.63, 3.8) is 0 Å². The number of ketones is 2. The third-order valence-electron chi connectivity index (χ3n) is 14.1. The van der Waals surface area contributed by atoms with Crippen molar-refractivity contribution < 1.29 is 39.5 Å². The molecule has 1 N–H and O–H groups in total. The highest BCUT2D eigenvalue weighted by atomic mass is 32.3. The Bertz CT molecular complexity index is 2710. The number of benzene rings is 2. The van der Waals surface area contributed by atoms with E-state index in [4.69, 9.17) is 9.97 Å². The molecule has 2 saturated carbocycles. The number of aliphatic hydroxyl groups is 1. The smallest absolute Gasteiger partial charge is 0.278 e. The molecule has 2 fully saturated rings. The minimum Gasteiger partial charge on any atom is -0.393 e. The summed E-state index contributed by atoms with van der Waals surface area (Å²) < 4.78 is 76.2. The number of pyridine rings is 2. The van der Waals surface area contributed by atoms with Gasteiger partial charge in [-0.05, 0) is 137 Å². The Labute approximate surface area is 423 Å². The predicted octanol–water partition coefficient (Wildman–Crippen LogP) is 10.9. The van der Waals surface area contributed by atoms with Crippen LogP contribution in [-0.4, -0.2) is 89.3 Å². The van der Waals surface area contributed by atoms with Gasteiger partial charge in [-0.2, -0.15) is 4.31 Å². The van der Waals surface area contributed by atoms with Gasteiger partial charge in [-0.1, -0.05) is 38.1 Å². The van der Waals surface area contributed by atoms with Crippen molar-refractivity contribution in [1.82, 2.24) is 34.2 Å². The van der Waals surface area contributed by atoms with Crippen LogP contribution in [0.1, 0.15) is 97.9 Å². The van der Waals surface area contributed by atoms with Gasteiger partial charge in [0.25, 0.3) is 11.4 Å². The van der Waals surface area contributed by atoms with Crippen LogP contribution in [0.15, 0.2) is 97.3 Å². The number of carbonyl (C=O) groups excluding carboxylic acids is 2. The Morgan fingerprint density at radius 2 is 1.04 bits per heavy atom. The van der Waals surface area contributed by atoms with E-state index in [2.05, 4.69) is 29.7 Å². The molecule has 4 aromatic heterocycles. The first-order chi connectivity index (χ1) is 34.9. The number of carbonyl (C=O) groups is 2. The molecule has 0 spiro atoms. The topological polar surface area (TPSA) is 141 Å². The van der Waals surface area contributed by atoms with Crippen molar-refractivity contribution in [3.05, 3.63) is 155 Å². The van der Waals surface area contributed by atoms with E-state index < -0.39 is 34.5 Å². The van der Waals surface area contributed by atoms with Crippen molar-refractivity contribution in [2.75, 3.05) is 36.0 Å². The number of nitrogens with zero attached hydrogens (tertiary/aromatic N) is 9. The standard InChI is InChI=1S/C25H24F2N4O.C25H25FN4O2.C4H10F3NS/c1-16-28-11-10-24(29-16)31-12-2-3-20-21(31)8-9-22(30-20)25(14-19(27)15-25)23(32)13-17-4-6-18(26)7-5-17;1-16-27-11-10-24(28-16)30-12-2-3-20-21(30)8-9-22(29-20)25(14-19(31)15-25)23(32)13-17-4-6-18(26)7-5-17;1-3-8(4-2)9(5,6)7/h4-11,19H,2-3,12-15H2,1H3;4-11,19,31H,2-3,12-15H2,1H3;3-4H2,1-2H3. The maximum atomic E-state index is 14.1. The lowest BCUT2D eigenvalue weighted by atomic mass is 9.61. The average Bonchev–Trinajstić information content (AvgIpc) is 3.35. The Balaban J connectivity index is 0.000000167. The summed E-state index contributed by atoms with van der Waals surface area (Å²) in [5.41, 5.74) is 4.94. The first kappa shape index (κ1) is 53.0. The minimum atomic E-state index is -4.93. The third kappa shape index (κ3) is 11.9. The SMILES string of the molecule is CCN(CC)S(F)(F)F.Cc1nccc(N2CCCc3nc(C4(C(=O)Cc5ccc(F)cc5)CC(F)C4)ccc32)n1.Cc1nccc(N2CCCc3nc(C4(C(=O)Cc5ccc(F)cc5)CC(O)C4)ccc32)n1. The predicted molar refractivity (Wildman–Crippen MR) is 269 cm³/mol. The molecule has 73 heavy (non-hydrogen) atoms. The highest BCUT2D eigenvalue weighted by Crippen LogP contribution is 2.56. The quantitative estimate of drug-likeness (QED) is 0.110. The molecule has 0 amide bonds. The Morgan fingerprint density at radius 1 is 0.630 bits per heavy atom. The molecule has 4 aliphatic rings. The number of aromatic nitrogens is 6. The Morgan fingerprint density at radius 3 is 1.38 bits per heavy atom. The van der Waals surface area contributed by atoms with Gasteiger partial charge in [0, 0.05) is 51.4 Å². The molecule has 6 heterocycles. The van der Waals surface area contributed by atoms with Gasteiger partial charge >= 0.3 is 0 Å². The second kappa shape index (κ2) is 22.4. The second-order valence-corrected chi connectivity index (χ2v) is 20.2. The van der Waals surface area contributed by atoms with E-state index in [-0.39, 0.29) is 62.0 Å². The number of halogens is 6. The van der Waals surface area contributed by atoms with Gasteiger partial charge in [0.1, 0.15) is 52.7 Å². The third-order valence-corrected chi connectivity index (χ3v) is 15.2. The zero-order chi connectivity index (χ0) is 52.1. The average molecular weight is 1030 g/mol. The number of aryl methyl sites for hydroxylation is 4. The molecular weight excluding hydrogens is 969 g/mol. The number of fused-ring (bicyclic) bond motifs is 2. The van der Waals surface area contributed by atoms with Gasteiger partial charge in [0.05, 0.1) is 51.1 Å². The Hall–Kier alpha value is -6.31. The number of anilines is 4. The van der Waals surface area contributed by atoms with Crippen molar-refractivity contribution in [2.24, 2.45) is 0 Å². The summed E-state index contributed by atoms with van der Waals surface area (Å²) in [4.78, 5) is 58.2. The summed E-state index contributed by atoms with van der Waals surface area (Å²) in [7, 11) is 0. The molecule has 0 saturated heterocycles. The van der Waals surface area contributed by atoms with Gasteiger partial charge in [0.15, 0.2) is 0 Å². The number of hydrogen-bond acceptors (Lipinski definition) is 12. The lowest BCUT2D eigenvalue weighted by Gasteiger charge is -2.44. The van der Waals surface area contributed by atoms with Gasteiger partial charge in [-0.3, -0.25) is 19.6 Å². The maximum absolute atomic E-state index is 14.1. The lowest BCUT2D eigenvalue weighted by molar-refractivity contribution is -0.132. The van der Waals surface area contributed by atoms with Crippen LogP contribution in [0.4, 0.5) is 47.8 Å². The fraction of sp³-hybridized carbons (Fsp3) is 0.407. The summed E-state index contributed by atoms with van der Waals surface area (Å²) in [5, 5.41) is 10.1. The molecule has 10 rings (SSSR count). The van der Waals surface area contributed by atoms with E-state index in [0.717, 1.165) is 90.0 Å². The molecule has 0 atom stereocenters. The molecule has 19 heteroatoms. The second-order valence-electron chi connectivity index (χ2n) is 18.9. The minimum absolute atomic E-state index is 0.0148. The van der Waals surface area contributed by atoms with Crippen LogP contribution in [0.2, 0.25) is 0 Å². The van der Waals surface area contributed by atoms with Crippen molar-refractivity contribution in [1.29, 1.82) is 0 Å². The highest BCUT2D eigenvalue weighted by Gasteiger charge is 2.53. The van der Waals surface area contributed by atoms with E-state index in [0.29, 0.717) is 34.5 Å².